The Labute approximate surface area is 96.3 Å². The number of hydrogen-bond donors (Lipinski definition) is 0. The zero-order valence-electron chi connectivity index (χ0n) is 7.87. The Hall–Kier alpha value is -1.13. The summed E-state index contributed by atoms with van der Waals surface area (Å²) in [5.41, 5.74) is 1.22. The number of aromatic nitrogens is 3. The van der Waals surface area contributed by atoms with E-state index in [9.17, 15) is 0 Å². The van der Waals surface area contributed by atoms with E-state index in [0.717, 1.165) is 0 Å². The van der Waals surface area contributed by atoms with Gasteiger partial charge < -0.3 is 4.42 Å². The van der Waals surface area contributed by atoms with Crippen molar-refractivity contribution in [3.05, 3.63) is 29.1 Å². The lowest BCUT2D eigenvalue weighted by Crippen LogP contribution is -1.94. The second kappa shape index (κ2) is 4.16. The van der Waals surface area contributed by atoms with Crippen molar-refractivity contribution in [2.45, 2.75) is 12.8 Å². The molecule has 0 saturated heterocycles. The van der Waals surface area contributed by atoms with Crippen molar-refractivity contribution in [1.29, 1.82) is 0 Å². The Bertz CT molecular complexity index is 484. The Morgan fingerprint density at radius 2 is 2.13 bits per heavy atom. The van der Waals surface area contributed by atoms with Crippen molar-refractivity contribution in [1.82, 2.24) is 15.0 Å². The number of halogens is 2. The van der Waals surface area contributed by atoms with Crippen LogP contribution in [0.2, 0.25) is 5.15 Å². The van der Waals surface area contributed by atoms with Gasteiger partial charge in [0.2, 0.25) is 0 Å². The van der Waals surface area contributed by atoms with Crippen LogP contribution in [0, 0.1) is 6.92 Å². The molecule has 2 aromatic rings. The summed E-state index contributed by atoms with van der Waals surface area (Å²) >= 11 is 11.5. The van der Waals surface area contributed by atoms with Gasteiger partial charge >= 0.3 is 0 Å². The quantitative estimate of drug-likeness (QED) is 0.602. The van der Waals surface area contributed by atoms with Gasteiger partial charge in [-0.15, -0.1) is 11.6 Å². The fourth-order valence-corrected chi connectivity index (χ4v) is 1.46. The molecule has 0 aliphatic carbocycles. The topological polar surface area (TPSA) is 51.8 Å². The summed E-state index contributed by atoms with van der Waals surface area (Å²) < 4.78 is 5.07. The second-order valence-corrected chi connectivity index (χ2v) is 3.55. The van der Waals surface area contributed by atoms with Gasteiger partial charge in [-0.25, -0.2) is 15.0 Å². The lowest BCUT2D eigenvalue weighted by Gasteiger charge is -1.99. The number of hydrogen-bond acceptors (Lipinski definition) is 4. The van der Waals surface area contributed by atoms with E-state index in [-0.39, 0.29) is 5.88 Å². The maximum atomic E-state index is 5.82. The average Bonchev–Trinajstić information content (AvgIpc) is 2.64. The van der Waals surface area contributed by atoms with E-state index < -0.39 is 0 Å². The number of oxazole rings is 1. The minimum Gasteiger partial charge on any atom is -0.449 e. The first-order valence-electron chi connectivity index (χ1n) is 4.21. The van der Waals surface area contributed by atoms with Gasteiger partial charge in [0.25, 0.3) is 0 Å². The van der Waals surface area contributed by atoms with Crippen LogP contribution in [-0.4, -0.2) is 15.0 Å². The summed E-state index contributed by atoms with van der Waals surface area (Å²) in [5.74, 6) is 1.27. The molecule has 0 aromatic carbocycles. The van der Waals surface area contributed by atoms with E-state index in [1.807, 2.05) is 0 Å². The smallest absolute Gasteiger partial charge is 0.191 e. The maximum absolute atomic E-state index is 5.82. The van der Waals surface area contributed by atoms with Crippen LogP contribution in [0.25, 0.3) is 11.5 Å². The molecule has 2 aromatic heterocycles. The summed E-state index contributed by atoms with van der Waals surface area (Å²) in [6, 6.07) is 1.62. The third kappa shape index (κ3) is 2.27. The monoisotopic (exact) mass is 243 g/mol. The van der Waals surface area contributed by atoms with Gasteiger partial charge in [-0.05, 0) is 6.07 Å². The van der Waals surface area contributed by atoms with Crippen LogP contribution < -0.4 is 0 Å². The van der Waals surface area contributed by atoms with Gasteiger partial charge in [0.1, 0.15) is 17.1 Å². The van der Waals surface area contributed by atoms with Crippen LogP contribution >= 0.6 is 23.2 Å². The first-order chi connectivity index (χ1) is 7.19. The van der Waals surface area contributed by atoms with Crippen LogP contribution in [0.4, 0.5) is 0 Å². The molecular formula is C9H7Cl2N3O. The van der Waals surface area contributed by atoms with Gasteiger partial charge in [-0.1, -0.05) is 11.6 Å². The van der Waals surface area contributed by atoms with Crippen molar-refractivity contribution in [3.8, 4) is 11.5 Å². The van der Waals surface area contributed by atoms with E-state index in [0.29, 0.717) is 28.3 Å². The Balaban J connectivity index is 2.48. The van der Waals surface area contributed by atoms with E-state index in [1.165, 1.54) is 6.26 Å². The van der Waals surface area contributed by atoms with Crippen molar-refractivity contribution >= 4 is 23.2 Å². The first kappa shape index (κ1) is 10.4. The molecule has 0 bridgehead atoms. The van der Waals surface area contributed by atoms with Gasteiger partial charge in [-0.3, -0.25) is 0 Å². The molecule has 0 fully saturated rings. The molecule has 2 rings (SSSR count). The third-order valence-corrected chi connectivity index (χ3v) is 2.20. The normalized spacial score (nSPS) is 10.6. The van der Waals surface area contributed by atoms with Crippen molar-refractivity contribution in [2.24, 2.45) is 0 Å². The van der Waals surface area contributed by atoms with E-state index >= 15 is 0 Å². The van der Waals surface area contributed by atoms with Gasteiger partial charge in [-0.2, -0.15) is 0 Å². The van der Waals surface area contributed by atoms with Crippen LogP contribution in [0.5, 0.6) is 0 Å². The minimum absolute atomic E-state index is 0.284. The zero-order chi connectivity index (χ0) is 10.8. The molecule has 6 heteroatoms. The third-order valence-electron chi connectivity index (χ3n) is 1.73. The Morgan fingerprint density at radius 3 is 2.73 bits per heavy atom. The van der Waals surface area contributed by atoms with Gasteiger partial charge in [0.15, 0.2) is 11.7 Å². The highest BCUT2D eigenvalue weighted by Gasteiger charge is 2.09. The summed E-state index contributed by atoms with van der Waals surface area (Å²) in [6.45, 7) is 1.75. The number of rotatable bonds is 2. The predicted octanol–water partition coefficient (Wildman–Crippen LogP) is 2.83. The highest BCUT2D eigenvalue weighted by molar-refractivity contribution is 6.29. The lowest BCUT2D eigenvalue weighted by molar-refractivity contribution is 0.521. The lowest BCUT2D eigenvalue weighted by atomic mass is 10.4. The van der Waals surface area contributed by atoms with Crippen molar-refractivity contribution < 1.29 is 4.42 Å². The number of alkyl halides is 1. The molecule has 0 aliphatic rings. The molecule has 0 aliphatic heterocycles. The highest BCUT2D eigenvalue weighted by atomic mass is 35.5. The van der Waals surface area contributed by atoms with E-state index in [1.54, 1.807) is 13.0 Å². The summed E-state index contributed by atoms with van der Waals surface area (Å²) in [7, 11) is 0. The molecule has 0 saturated carbocycles. The van der Waals surface area contributed by atoms with Gasteiger partial charge in [0, 0.05) is 6.92 Å². The molecule has 2 heterocycles. The van der Waals surface area contributed by atoms with Crippen LogP contribution in [0.15, 0.2) is 16.7 Å². The molecule has 0 spiro atoms. The Morgan fingerprint density at radius 1 is 1.33 bits per heavy atom. The van der Waals surface area contributed by atoms with E-state index in [2.05, 4.69) is 15.0 Å². The molecule has 0 atom stereocenters. The van der Waals surface area contributed by atoms with Crippen molar-refractivity contribution in [3.63, 3.8) is 0 Å². The van der Waals surface area contributed by atoms with Crippen LogP contribution in [0.3, 0.4) is 0 Å². The first-order valence-corrected chi connectivity index (χ1v) is 5.12. The number of nitrogens with zero attached hydrogens (tertiary/aromatic N) is 3. The maximum Gasteiger partial charge on any atom is 0.191 e. The molecule has 0 unspecified atom stereocenters. The van der Waals surface area contributed by atoms with E-state index in [4.69, 9.17) is 27.6 Å². The Kier molecular flexibility index (Phi) is 2.88. The summed E-state index contributed by atoms with van der Waals surface area (Å²) in [4.78, 5) is 12.3. The molecular weight excluding hydrogens is 237 g/mol. The molecule has 15 heavy (non-hydrogen) atoms. The standard InChI is InChI=1S/C9H7Cl2N3O/c1-5-12-7(4-15-5)9-13-6(3-10)2-8(11)14-9/h2,4H,3H2,1H3. The summed E-state index contributed by atoms with van der Waals surface area (Å²) in [5, 5.41) is 0.344. The predicted molar refractivity (Wildman–Crippen MR) is 56.8 cm³/mol. The molecule has 0 amide bonds. The minimum atomic E-state index is 0.284. The highest BCUT2D eigenvalue weighted by Crippen LogP contribution is 2.18. The summed E-state index contributed by atoms with van der Waals surface area (Å²) in [6.07, 6.45) is 1.49. The molecule has 0 N–H and O–H groups in total. The molecule has 78 valence electrons. The molecule has 0 radical (unpaired) electrons. The van der Waals surface area contributed by atoms with Gasteiger partial charge in [0.05, 0.1) is 11.6 Å². The average molecular weight is 244 g/mol. The zero-order valence-corrected chi connectivity index (χ0v) is 9.38. The SMILES string of the molecule is Cc1nc(-c2nc(Cl)cc(CCl)n2)co1. The van der Waals surface area contributed by atoms with Crippen LogP contribution in [0.1, 0.15) is 11.6 Å². The van der Waals surface area contributed by atoms with Crippen LogP contribution in [-0.2, 0) is 5.88 Å². The fourth-order valence-electron chi connectivity index (χ4n) is 1.11. The molecule has 4 nitrogen and oxygen atoms in total. The fraction of sp³-hybridized carbons (Fsp3) is 0.222. The number of aryl methyl sites for hydroxylation is 1. The second-order valence-electron chi connectivity index (χ2n) is 2.89. The largest absolute Gasteiger partial charge is 0.449 e. The van der Waals surface area contributed by atoms with Crippen molar-refractivity contribution in [2.75, 3.05) is 0 Å².